The molecule has 0 saturated carbocycles. The number of rotatable bonds is 1. The normalized spacial score (nSPS) is 12.8. The number of fused-ring (bicyclic) bond motifs is 1. The van der Waals surface area contributed by atoms with Crippen molar-refractivity contribution in [3.63, 3.8) is 0 Å². The number of anilines is 1. The van der Waals surface area contributed by atoms with Gasteiger partial charge in [0.2, 0.25) is 0 Å². The van der Waals surface area contributed by atoms with Gasteiger partial charge in [0.1, 0.15) is 11.9 Å². The number of hydrogen-bond donors (Lipinski definition) is 2. The Hall–Kier alpha value is -2.62. The van der Waals surface area contributed by atoms with E-state index >= 15 is 0 Å². The maximum absolute atomic E-state index is 12.1. The lowest BCUT2D eigenvalue weighted by Crippen LogP contribution is -2.39. The third-order valence-corrected chi connectivity index (χ3v) is 2.59. The second-order valence-electron chi connectivity index (χ2n) is 3.97. The third-order valence-electron chi connectivity index (χ3n) is 2.59. The van der Waals surface area contributed by atoms with E-state index in [1.165, 1.54) is 7.05 Å². The zero-order valence-electron chi connectivity index (χ0n) is 10.9. The van der Waals surface area contributed by atoms with Crippen LogP contribution in [0.2, 0.25) is 0 Å². The largest absolute Gasteiger partial charge is 0.447 e. The van der Waals surface area contributed by atoms with Gasteiger partial charge in [-0.1, -0.05) is 0 Å². The van der Waals surface area contributed by atoms with Crippen molar-refractivity contribution in [1.29, 1.82) is 0 Å². The SMILES string of the molecule is CCOC#CC1=CN(C)Nc2[nH]c(=O)n(C)c(=O)c21. The Labute approximate surface area is 109 Å². The van der Waals surface area contributed by atoms with Gasteiger partial charge in [-0.05, 0) is 12.8 Å². The Morgan fingerprint density at radius 2 is 2.11 bits per heavy atom. The maximum Gasteiger partial charge on any atom is 0.329 e. The van der Waals surface area contributed by atoms with Crippen LogP contribution in [-0.2, 0) is 11.8 Å². The highest BCUT2D eigenvalue weighted by molar-refractivity contribution is 5.84. The Morgan fingerprint density at radius 1 is 1.37 bits per heavy atom. The zero-order chi connectivity index (χ0) is 14.0. The molecule has 7 nitrogen and oxygen atoms in total. The third kappa shape index (κ3) is 2.33. The fourth-order valence-corrected chi connectivity index (χ4v) is 1.68. The van der Waals surface area contributed by atoms with Gasteiger partial charge in [-0.25, -0.2) is 4.79 Å². The maximum atomic E-state index is 12.1. The molecule has 0 fully saturated rings. The van der Waals surface area contributed by atoms with Crippen LogP contribution in [-0.4, -0.2) is 28.2 Å². The van der Waals surface area contributed by atoms with Crippen molar-refractivity contribution >= 4 is 11.4 Å². The van der Waals surface area contributed by atoms with E-state index in [2.05, 4.69) is 22.4 Å². The van der Waals surface area contributed by atoms with Crippen LogP contribution in [0.3, 0.4) is 0 Å². The highest BCUT2D eigenvalue weighted by Gasteiger charge is 2.20. The summed E-state index contributed by atoms with van der Waals surface area (Å²) in [5.74, 6) is 3.10. The number of hydrazine groups is 1. The zero-order valence-corrected chi connectivity index (χ0v) is 10.9. The molecule has 0 radical (unpaired) electrons. The van der Waals surface area contributed by atoms with Crippen molar-refractivity contribution in [1.82, 2.24) is 14.6 Å². The molecule has 100 valence electrons. The molecule has 19 heavy (non-hydrogen) atoms. The molecule has 1 aromatic heterocycles. The number of allylic oxidation sites excluding steroid dienone is 1. The van der Waals surface area contributed by atoms with E-state index in [1.807, 2.05) is 6.92 Å². The molecule has 0 saturated heterocycles. The second-order valence-corrected chi connectivity index (χ2v) is 3.97. The number of hydrogen-bond acceptors (Lipinski definition) is 5. The van der Waals surface area contributed by atoms with E-state index < -0.39 is 11.2 Å². The minimum atomic E-state index is -0.483. The Balaban J connectivity index is 2.62. The Morgan fingerprint density at radius 3 is 2.79 bits per heavy atom. The molecule has 7 heteroatoms. The molecule has 0 aliphatic carbocycles. The number of nitrogens with zero attached hydrogens (tertiary/aromatic N) is 2. The van der Waals surface area contributed by atoms with Crippen LogP contribution in [0.15, 0.2) is 15.8 Å². The van der Waals surface area contributed by atoms with Crippen molar-refractivity contribution in [2.75, 3.05) is 19.1 Å². The number of aromatic nitrogens is 2. The van der Waals surface area contributed by atoms with Gasteiger partial charge in [-0.15, -0.1) is 0 Å². The first-order chi connectivity index (χ1) is 9.04. The average Bonchev–Trinajstić information content (AvgIpc) is 2.35. The lowest BCUT2D eigenvalue weighted by Gasteiger charge is -2.24. The van der Waals surface area contributed by atoms with E-state index in [1.54, 1.807) is 18.3 Å². The molecule has 2 heterocycles. The molecule has 0 amide bonds. The van der Waals surface area contributed by atoms with Crippen LogP contribution < -0.4 is 16.7 Å². The van der Waals surface area contributed by atoms with E-state index in [9.17, 15) is 9.59 Å². The molecule has 1 aliphatic heterocycles. The van der Waals surface area contributed by atoms with Crippen LogP contribution in [0.5, 0.6) is 0 Å². The molecular weight excluding hydrogens is 248 g/mol. The van der Waals surface area contributed by atoms with Crippen LogP contribution in [0.1, 0.15) is 12.5 Å². The first kappa shape index (κ1) is 12.8. The second kappa shape index (κ2) is 4.94. The first-order valence-corrected chi connectivity index (χ1v) is 5.72. The predicted molar refractivity (Wildman–Crippen MR) is 71.1 cm³/mol. The number of ether oxygens (including phenoxy) is 1. The van der Waals surface area contributed by atoms with Crippen molar-refractivity contribution in [3.8, 4) is 12.0 Å². The molecule has 0 aromatic carbocycles. The summed E-state index contributed by atoms with van der Waals surface area (Å²) in [6.45, 7) is 2.28. The lowest BCUT2D eigenvalue weighted by molar-refractivity contribution is 0.299. The van der Waals surface area contributed by atoms with Crippen LogP contribution >= 0.6 is 0 Å². The smallest absolute Gasteiger partial charge is 0.329 e. The lowest BCUT2D eigenvalue weighted by atomic mass is 10.1. The van der Waals surface area contributed by atoms with Gasteiger partial charge in [0.15, 0.2) is 0 Å². The summed E-state index contributed by atoms with van der Waals surface area (Å²) in [6.07, 6.45) is 4.18. The standard InChI is InChI=1S/C12H14N4O3/c1-4-19-6-5-8-7-15(2)14-10-9(8)11(17)16(3)12(18)13-10/h7,14H,4H2,1-3H3,(H,13,18). The van der Waals surface area contributed by atoms with E-state index in [0.717, 1.165) is 4.57 Å². The first-order valence-electron chi connectivity index (χ1n) is 5.72. The quantitative estimate of drug-likeness (QED) is 0.678. The molecule has 0 spiro atoms. The van der Waals surface area contributed by atoms with Gasteiger partial charge in [0.05, 0.1) is 17.7 Å². The molecule has 2 N–H and O–H groups in total. The fraction of sp³-hybridized carbons (Fsp3) is 0.333. The fourth-order valence-electron chi connectivity index (χ4n) is 1.68. The molecular formula is C12H14N4O3. The summed E-state index contributed by atoms with van der Waals surface area (Å²) in [6, 6.07) is 0. The van der Waals surface area contributed by atoms with Crippen LogP contribution in [0.25, 0.3) is 5.57 Å². The Bertz CT molecular complexity index is 702. The number of aromatic amines is 1. The van der Waals surface area contributed by atoms with Crippen molar-refractivity contribution in [3.05, 3.63) is 32.6 Å². The van der Waals surface area contributed by atoms with Crippen molar-refractivity contribution < 1.29 is 4.74 Å². The van der Waals surface area contributed by atoms with E-state index in [-0.39, 0.29) is 0 Å². The minimum absolute atomic E-state index is 0.326. The molecule has 2 rings (SSSR count). The molecule has 0 atom stereocenters. The Kier molecular flexibility index (Phi) is 3.33. The summed E-state index contributed by atoms with van der Waals surface area (Å²) < 4.78 is 5.96. The van der Waals surface area contributed by atoms with Gasteiger partial charge in [0.25, 0.3) is 5.56 Å². The summed E-state index contributed by atoms with van der Waals surface area (Å²) in [5.41, 5.74) is 2.79. The van der Waals surface area contributed by atoms with Gasteiger partial charge < -0.3 is 4.74 Å². The minimum Gasteiger partial charge on any atom is -0.447 e. The highest BCUT2D eigenvalue weighted by atomic mass is 16.5. The van der Waals surface area contributed by atoms with Crippen molar-refractivity contribution in [2.24, 2.45) is 7.05 Å². The number of nitrogens with one attached hydrogen (secondary N) is 2. The number of H-pyrrole nitrogens is 1. The van der Waals surface area contributed by atoms with Crippen LogP contribution in [0.4, 0.5) is 5.82 Å². The van der Waals surface area contributed by atoms with Gasteiger partial charge >= 0.3 is 5.69 Å². The van der Waals surface area contributed by atoms with Gasteiger partial charge in [-0.2, -0.15) is 0 Å². The summed E-state index contributed by atoms with van der Waals surface area (Å²) in [5, 5.41) is 1.60. The van der Waals surface area contributed by atoms with Gasteiger partial charge in [0, 0.05) is 20.3 Å². The predicted octanol–water partition coefficient (Wildman–Crippen LogP) is -0.316. The summed E-state index contributed by atoms with van der Waals surface area (Å²) in [7, 11) is 3.15. The summed E-state index contributed by atoms with van der Waals surface area (Å²) in [4.78, 5) is 26.3. The molecule has 1 aliphatic rings. The average molecular weight is 262 g/mol. The van der Waals surface area contributed by atoms with Crippen LogP contribution in [0, 0.1) is 12.0 Å². The van der Waals surface area contributed by atoms with E-state index in [0.29, 0.717) is 23.6 Å². The summed E-state index contributed by atoms with van der Waals surface area (Å²) >= 11 is 0. The highest BCUT2D eigenvalue weighted by Crippen LogP contribution is 2.21. The van der Waals surface area contributed by atoms with E-state index in [4.69, 9.17) is 4.74 Å². The molecule has 0 unspecified atom stereocenters. The topological polar surface area (TPSA) is 79.4 Å². The molecule has 0 bridgehead atoms. The van der Waals surface area contributed by atoms with Gasteiger partial charge in [-0.3, -0.25) is 24.8 Å². The molecule has 1 aromatic rings. The van der Waals surface area contributed by atoms with Crippen molar-refractivity contribution in [2.45, 2.75) is 6.92 Å². The monoisotopic (exact) mass is 262 g/mol.